The standard InChI is InChI=1S/C21H28ClN3O2/c1-3-8-17-20(21(26)23-14-15-10-7-13-27-15)19(9-4-2)25(24-17)18-12-6-5-11-16(18)22/h5-6,11-12,15H,3-4,7-10,13-14H2,1-2H3,(H,23,26). The van der Waals surface area contributed by atoms with Crippen molar-refractivity contribution in [1.82, 2.24) is 15.1 Å². The lowest BCUT2D eigenvalue weighted by atomic mass is 10.1. The lowest BCUT2D eigenvalue weighted by Gasteiger charge is -2.13. The monoisotopic (exact) mass is 389 g/mol. The topological polar surface area (TPSA) is 56.2 Å². The molecule has 0 radical (unpaired) electrons. The minimum atomic E-state index is -0.0595. The number of carbonyl (C=O) groups is 1. The summed E-state index contributed by atoms with van der Waals surface area (Å²) in [5.41, 5.74) is 3.29. The van der Waals surface area contributed by atoms with E-state index < -0.39 is 0 Å². The number of nitrogens with one attached hydrogen (secondary N) is 1. The van der Waals surface area contributed by atoms with Crippen molar-refractivity contribution in [3.05, 3.63) is 46.2 Å². The summed E-state index contributed by atoms with van der Waals surface area (Å²) in [6, 6.07) is 7.63. The second-order valence-electron chi connectivity index (χ2n) is 6.98. The molecule has 2 aromatic rings. The van der Waals surface area contributed by atoms with Gasteiger partial charge in [0, 0.05) is 13.2 Å². The van der Waals surface area contributed by atoms with Gasteiger partial charge in [-0.15, -0.1) is 0 Å². The summed E-state index contributed by atoms with van der Waals surface area (Å²) in [4.78, 5) is 13.1. The molecule has 1 atom stereocenters. The normalized spacial score (nSPS) is 16.6. The molecule has 0 aliphatic carbocycles. The lowest BCUT2D eigenvalue weighted by molar-refractivity contribution is 0.0856. The molecule has 1 fully saturated rings. The number of benzene rings is 1. The van der Waals surface area contributed by atoms with Gasteiger partial charge in [0.1, 0.15) is 0 Å². The molecule has 2 heterocycles. The molecule has 0 saturated carbocycles. The number of carbonyl (C=O) groups excluding carboxylic acids is 1. The van der Waals surface area contributed by atoms with Crippen LogP contribution in [0, 0.1) is 0 Å². The van der Waals surface area contributed by atoms with E-state index in [4.69, 9.17) is 21.4 Å². The molecule has 6 heteroatoms. The van der Waals surface area contributed by atoms with Gasteiger partial charge in [-0.3, -0.25) is 4.79 Å². The number of para-hydroxylation sites is 1. The number of amides is 1. The molecule has 5 nitrogen and oxygen atoms in total. The smallest absolute Gasteiger partial charge is 0.255 e. The van der Waals surface area contributed by atoms with Gasteiger partial charge in [-0.25, -0.2) is 4.68 Å². The molecule has 1 aromatic carbocycles. The van der Waals surface area contributed by atoms with Crippen molar-refractivity contribution in [2.24, 2.45) is 0 Å². The maximum Gasteiger partial charge on any atom is 0.255 e. The van der Waals surface area contributed by atoms with Crippen LogP contribution < -0.4 is 5.32 Å². The van der Waals surface area contributed by atoms with E-state index in [1.807, 2.05) is 28.9 Å². The average molecular weight is 390 g/mol. The summed E-state index contributed by atoms with van der Waals surface area (Å²) < 4.78 is 7.49. The molecular formula is C21H28ClN3O2. The number of rotatable bonds is 8. The van der Waals surface area contributed by atoms with Crippen molar-refractivity contribution in [3.63, 3.8) is 0 Å². The van der Waals surface area contributed by atoms with Crippen LogP contribution in [0.5, 0.6) is 0 Å². The fourth-order valence-corrected chi connectivity index (χ4v) is 3.78. The summed E-state index contributed by atoms with van der Waals surface area (Å²) in [6.45, 7) is 5.54. The third kappa shape index (κ3) is 4.53. The Bertz CT molecular complexity index is 782. The van der Waals surface area contributed by atoms with Gasteiger partial charge in [-0.05, 0) is 37.8 Å². The van der Waals surface area contributed by atoms with Crippen LogP contribution in [0.4, 0.5) is 0 Å². The molecule has 1 aliphatic heterocycles. The van der Waals surface area contributed by atoms with Gasteiger partial charge in [0.05, 0.1) is 33.8 Å². The van der Waals surface area contributed by atoms with Crippen molar-refractivity contribution < 1.29 is 9.53 Å². The third-order valence-electron chi connectivity index (χ3n) is 4.85. The molecule has 1 aliphatic rings. The number of aromatic nitrogens is 2. The average Bonchev–Trinajstić information content (AvgIpc) is 3.29. The quantitative estimate of drug-likeness (QED) is 0.730. The predicted octanol–water partition coefficient (Wildman–Crippen LogP) is 4.34. The summed E-state index contributed by atoms with van der Waals surface area (Å²) in [6.07, 6.45) is 5.57. The van der Waals surface area contributed by atoms with Crippen LogP contribution in [0.25, 0.3) is 5.69 Å². The van der Waals surface area contributed by atoms with Crippen LogP contribution in [-0.2, 0) is 17.6 Å². The summed E-state index contributed by atoms with van der Waals surface area (Å²) in [5, 5.41) is 8.49. The van der Waals surface area contributed by atoms with E-state index in [0.29, 0.717) is 17.1 Å². The van der Waals surface area contributed by atoms with Gasteiger partial charge in [-0.1, -0.05) is 50.4 Å². The van der Waals surface area contributed by atoms with E-state index in [1.54, 1.807) is 0 Å². The van der Waals surface area contributed by atoms with Crippen LogP contribution in [0.15, 0.2) is 24.3 Å². The van der Waals surface area contributed by atoms with E-state index in [1.165, 1.54) is 0 Å². The van der Waals surface area contributed by atoms with Gasteiger partial charge < -0.3 is 10.1 Å². The molecule has 27 heavy (non-hydrogen) atoms. The van der Waals surface area contributed by atoms with Crippen LogP contribution >= 0.6 is 11.6 Å². The van der Waals surface area contributed by atoms with E-state index in [-0.39, 0.29) is 12.0 Å². The first-order valence-electron chi connectivity index (χ1n) is 9.91. The highest BCUT2D eigenvalue weighted by Crippen LogP contribution is 2.26. The maximum atomic E-state index is 13.1. The number of hydrogen-bond donors (Lipinski definition) is 1. The fraction of sp³-hybridized carbons (Fsp3) is 0.524. The van der Waals surface area contributed by atoms with Crippen molar-refractivity contribution in [2.75, 3.05) is 13.2 Å². The second kappa shape index (κ2) is 9.38. The molecule has 0 spiro atoms. The Hall–Kier alpha value is -1.85. The van der Waals surface area contributed by atoms with Crippen LogP contribution in [0.1, 0.15) is 61.3 Å². The molecule has 1 amide bonds. The van der Waals surface area contributed by atoms with E-state index in [9.17, 15) is 4.79 Å². The molecule has 146 valence electrons. The molecule has 3 rings (SSSR count). The van der Waals surface area contributed by atoms with Gasteiger partial charge >= 0.3 is 0 Å². The zero-order chi connectivity index (χ0) is 19.2. The summed E-state index contributed by atoms with van der Waals surface area (Å²) in [5.74, 6) is -0.0595. The lowest BCUT2D eigenvalue weighted by Crippen LogP contribution is -2.32. The van der Waals surface area contributed by atoms with Gasteiger partial charge in [0.2, 0.25) is 0 Å². The highest BCUT2D eigenvalue weighted by atomic mass is 35.5. The second-order valence-corrected chi connectivity index (χ2v) is 7.38. The summed E-state index contributed by atoms with van der Waals surface area (Å²) >= 11 is 6.42. The SMILES string of the molecule is CCCc1nn(-c2ccccc2Cl)c(CCC)c1C(=O)NCC1CCCO1. The molecule has 1 aromatic heterocycles. The number of ether oxygens (including phenoxy) is 1. The van der Waals surface area contributed by atoms with Gasteiger partial charge in [-0.2, -0.15) is 5.10 Å². The zero-order valence-corrected chi connectivity index (χ0v) is 16.9. The number of hydrogen-bond acceptors (Lipinski definition) is 3. The highest BCUT2D eigenvalue weighted by molar-refractivity contribution is 6.32. The van der Waals surface area contributed by atoms with Gasteiger partial charge in [0.15, 0.2) is 0 Å². The molecule has 1 N–H and O–H groups in total. The Labute approximate surface area is 166 Å². The largest absolute Gasteiger partial charge is 0.376 e. The van der Waals surface area contributed by atoms with Gasteiger partial charge in [0.25, 0.3) is 5.91 Å². The Kier molecular flexibility index (Phi) is 6.91. The molecule has 1 saturated heterocycles. The Morgan fingerprint density at radius 1 is 1.30 bits per heavy atom. The Balaban J connectivity index is 1.96. The molecular weight excluding hydrogens is 362 g/mol. The van der Waals surface area contributed by atoms with Crippen LogP contribution in [0.2, 0.25) is 5.02 Å². The minimum absolute atomic E-state index is 0.0595. The predicted molar refractivity (Wildman–Crippen MR) is 108 cm³/mol. The Morgan fingerprint density at radius 2 is 2.07 bits per heavy atom. The number of halogens is 1. The van der Waals surface area contributed by atoms with Crippen LogP contribution in [-0.4, -0.2) is 34.9 Å². The van der Waals surface area contributed by atoms with E-state index in [0.717, 1.165) is 62.2 Å². The van der Waals surface area contributed by atoms with Crippen molar-refractivity contribution in [2.45, 2.75) is 58.5 Å². The minimum Gasteiger partial charge on any atom is -0.376 e. The highest BCUT2D eigenvalue weighted by Gasteiger charge is 2.25. The third-order valence-corrected chi connectivity index (χ3v) is 5.17. The summed E-state index contributed by atoms with van der Waals surface area (Å²) in [7, 11) is 0. The Morgan fingerprint density at radius 3 is 2.74 bits per heavy atom. The zero-order valence-electron chi connectivity index (χ0n) is 16.1. The first-order valence-corrected chi connectivity index (χ1v) is 10.3. The van der Waals surface area contributed by atoms with E-state index in [2.05, 4.69) is 19.2 Å². The maximum absolute atomic E-state index is 13.1. The molecule has 0 bridgehead atoms. The van der Waals surface area contributed by atoms with Crippen molar-refractivity contribution in [1.29, 1.82) is 0 Å². The van der Waals surface area contributed by atoms with Crippen LogP contribution in [0.3, 0.4) is 0 Å². The number of nitrogens with zero attached hydrogens (tertiary/aromatic N) is 2. The number of aryl methyl sites for hydroxylation is 1. The van der Waals surface area contributed by atoms with Crippen molar-refractivity contribution in [3.8, 4) is 5.69 Å². The van der Waals surface area contributed by atoms with Crippen molar-refractivity contribution >= 4 is 17.5 Å². The first kappa shape index (κ1) is 19.9. The fourth-order valence-electron chi connectivity index (χ4n) is 3.57. The molecule has 1 unspecified atom stereocenters. The van der Waals surface area contributed by atoms with E-state index >= 15 is 0 Å². The first-order chi connectivity index (χ1) is 13.2.